The van der Waals surface area contributed by atoms with Crippen LogP contribution in [0.2, 0.25) is 0 Å². The molecular weight excluding hydrogens is 216 g/mol. The molecule has 0 spiro atoms. The smallest absolute Gasteiger partial charge is 0.122 e. The molecule has 1 aromatic rings. The number of nitrogens with one attached hydrogen (secondary N) is 1. The molecule has 0 aromatic heterocycles. The Balaban J connectivity index is 2.88. The molecule has 0 aliphatic carbocycles. The van der Waals surface area contributed by atoms with Crippen molar-refractivity contribution in [2.24, 2.45) is 0 Å². The number of rotatable bonds is 5. The summed E-state index contributed by atoms with van der Waals surface area (Å²) in [5.41, 5.74) is 1.78. The SMILES string of the molecule is CNC(C)c1ccc(N(C)CC(C)O)cc1O. The molecule has 96 valence electrons. The van der Waals surface area contributed by atoms with E-state index in [0.717, 1.165) is 11.3 Å². The van der Waals surface area contributed by atoms with Crippen LogP contribution >= 0.6 is 0 Å². The molecule has 1 aromatic carbocycles. The van der Waals surface area contributed by atoms with E-state index in [1.807, 2.05) is 38.1 Å². The molecule has 0 fully saturated rings. The van der Waals surface area contributed by atoms with Crippen LogP contribution in [0.25, 0.3) is 0 Å². The van der Waals surface area contributed by atoms with Gasteiger partial charge in [0, 0.05) is 37.0 Å². The topological polar surface area (TPSA) is 55.7 Å². The van der Waals surface area contributed by atoms with E-state index in [9.17, 15) is 10.2 Å². The van der Waals surface area contributed by atoms with Gasteiger partial charge in [-0.2, -0.15) is 0 Å². The second-order valence-electron chi connectivity index (χ2n) is 4.48. The quantitative estimate of drug-likeness (QED) is 0.727. The zero-order valence-electron chi connectivity index (χ0n) is 10.9. The van der Waals surface area contributed by atoms with Crippen LogP contribution in [0.4, 0.5) is 5.69 Å². The van der Waals surface area contributed by atoms with Gasteiger partial charge >= 0.3 is 0 Å². The third kappa shape index (κ3) is 3.61. The Bertz CT molecular complexity index is 366. The zero-order chi connectivity index (χ0) is 13.0. The molecule has 3 N–H and O–H groups in total. The maximum atomic E-state index is 9.95. The number of aliphatic hydroxyl groups is 1. The highest BCUT2D eigenvalue weighted by Gasteiger charge is 2.11. The molecule has 4 nitrogen and oxygen atoms in total. The average molecular weight is 238 g/mol. The van der Waals surface area contributed by atoms with E-state index < -0.39 is 6.10 Å². The predicted molar refractivity (Wildman–Crippen MR) is 70.5 cm³/mol. The number of phenols is 1. The number of phenolic OH excluding ortho intramolecular Hbond substituents is 1. The molecule has 2 atom stereocenters. The van der Waals surface area contributed by atoms with Crippen LogP contribution < -0.4 is 10.2 Å². The minimum absolute atomic E-state index is 0.117. The first kappa shape index (κ1) is 13.8. The second kappa shape index (κ2) is 5.89. The van der Waals surface area contributed by atoms with Gasteiger partial charge in [-0.15, -0.1) is 0 Å². The molecule has 17 heavy (non-hydrogen) atoms. The van der Waals surface area contributed by atoms with Gasteiger partial charge in [0.1, 0.15) is 5.75 Å². The Morgan fingerprint density at radius 1 is 1.35 bits per heavy atom. The van der Waals surface area contributed by atoms with Crippen LogP contribution in [0.5, 0.6) is 5.75 Å². The van der Waals surface area contributed by atoms with Gasteiger partial charge < -0.3 is 20.4 Å². The van der Waals surface area contributed by atoms with Crippen LogP contribution in [0.1, 0.15) is 25.5 Å². The number of hydrogen-bond donors (Lipinski definition) is 3. The summed E-state index contributed by atoms with van der Waals surface area (Å²) in [5.74, 6) is 0.279. The summed E-state index contributed by atoms with van der Waals surface area (Å²) in [7, 11) is 3.75. The lowest BCUT2D eigenvalue weighted by atomic mass is 10.1. The number of nitrogens with zero attached hydrogens (tertiary/aromatic N) is 1. The molecule has 0 saturated heterocycles. The Kier molecular flexibility index (Phi) is 4.78. The lowest BCUT2D eigenvalue weighted by Gasteiger charge is -2.22. The van der Waals surface area contributed by atoms with E-state index in [2.05, 4.69) is 5.32 Å². The van der Waals surface area contributed by atoms with Gasteiger partial charge in [-0.05, 0) is 27.0 Å². The summed E-state index contributed by atoms with van der Waals surface area (Å²) >= 11 is 0. The highest BCUT2D eigenvalue weighted by molar-refractivity contribution is 5.53. The van der Waals surface area contributed by atoms with Crippen LogP contribution in [0, 0.1) is 0 Å². The van der Waals surface area contributed by atoms with E-state index in [4.69, 9.17) is 0 Å². The Morgan fingerprint density at radius 3 is 2.47 bits per heavy atom. The van der Waals surface area contributed by atoms with Crippen molar-refractivity contribution in [1.29, 1.82) is 0 Å². The molecule has 0 aliphatic rings. The third-order valence-corrected chi connectivity index (χ3v) is 2.89. The minimum Gasteiger partial charge on any atom is -0.508 e. The van der Waals surface area contributed by atoms with Gasteiger partial charge in [0.05, 0.1) is 6.10 Å². The summed E-state index contributed by atoms with van der Waals surface area (Å²) in [5, 5.41) is 22.4. The van der Waals surface area contributed by atoms with E-state index >= 15 is 0 Å². The van der Waals surface area contributed by atoms with Crippen LogP contribution in [0.3, 0.4) is 0 Å². The normalized spacial score (nSPS) is 14.4. The van der Waals surface area contributed by atoms with Gasteiger partial charge in [0.25, 0.3) is 0 Å². The molecule has 0 radical (unpaired) electrons. The second-order valence-corrected chi connectivity index (χ2v) is 4.48. The average Bonchev–Trinajstić information content (AvgIpc) is 2.27. The van der Waals surface area contributed by atoms with Crippen molar-refractivity contribution in [3.05, 3.63) is 23.8 Å². The van der Waals surface area contributed by atoms with Gasteiger partial charge in [0.2, 0.25) is 0 Å². The minimum atomic E-state index is -0.391. The van der Waals surface area contributed by atoms with Crippen molar-refractivity contribution in [2.75, 3.05) is 25.5 Å². The van der Waals surface area contributed by atoms with Crippen molar-refractivity contribution in [2.45, 2.75) is 26.0 Å². The molecular formula is C13H22N2O2. The van der Waals surface area contributed by atoms with Crippen molar-refractivity contribution in [1.82, 2.24) is 5.32 Å². The van der Waals surface area contributed by atoms with Crippen molar-refractivity contribution >= 4 is 5.69 Å². The van der Waals surface area contributed by atoms with E-state index in [0.29, 0.717) is 6.54 Å². The maximum Gasteiger partial charge on any atom is 0.122 e. The molecule has 0 bridgehead atoms. The Hall–Kier alpha value is -1.26. The lowest BCUT2D eigenvalue weighted by Crippen LogP contribution is -2.26. The first-order valence-electron chi connectivity index (χ1n) is 5.85. The fourth-order valence-corrected chi connectivity index (χ4v) is 1.79. The highest BCUT2D eigenvalue weighted by atomic mass is 16.3. The van der Waals surface area contributed by atoms with Crippen molar-refractivity contribution in [3.8, 4) is 5.75 Å². The number of aliphatic hydroxyl groups excluding tert-OH is 1. The summed E-state index contributed by atoms with van der Waals surface area (Å²) in [6.07, 6.45) is -0.391. The predicted octanol–water partition coefficient (Wildman–Crippen LogP) is 1.49. The standard InChI is InChI=1S/C13H22N2O2/c1-9(16)8-15(4)11-5-6-12(10(2)14-3)13(17)7-11/h5-7,9-10,14,16-17H,8H2,1-4H3. The molecule has 4 heteroatoms. The summed E-state index contributed by atoms with van der Waals surface area (Å²) < 4.78 is 0. The summed E-state index contributed by atoms with van der Waals surface area (Å²) in [4.78, 5) is 1.91. The van der Waals surface area contributed by atoms with E-state index in [1.54, 1.807) is 13.0 Å². The van der Waals surface area contributed by atoms with Crippen LogP contribution in [-0.2, 0) is 0 Å². The monoisotopic (exact) mass is 238 g/mol. The lowest BCUT2D eigenvalue weighted by molar-refractivity contribution is 0.201. The maximum absolute atomic E-state index is 9.95. The van der Waals surface area contributed by atoms with Crippen molar-refractivity contribution in [3.63, 3.8) is 0 Å². The molecule has 2 unspecified atom stereocenters. The first-order chi connectivity index (χ1) is 7.95. The molecule has 0 aliphatic heterocycles. The van der Waals surface area contributed by atoms with Crippen LogP contribution in [-0.4, -0.2) is 37.0 Å². The van der Waals surface area contributed by atoms with Gasteiger partial charge in [0.15, 0.2) is 0 Å². The molecule has 0 heterocycles. The number of likely N-dealkylation sites (N-methyl/N-ethyl adjacent to an activating group) is 1. The Labute approximate surface area is 103 Å². The first-order valence-corrected chi connectivity index (χ1v) is 5.85. The number of benzene rings is 1. The zero-order valence-corrected chi connectivity index (χ0v) is 10.9. The van der Waals surface area contributed by atoms with Crippen LogP contribution in [0.15, 0.2) is 18.2 Å². The summed E-state index contributed by atoms with van der Waals surface area (Å²) in [6, 6.07) is 5.70. The largest absolute Gasteiger partial charge is 0.508 e. The third-order valence-electron chi connectivity index (χ3n) is 2.89. The molecule has 0 amide bonds. The number of aromatic hydroxyl groups is 1. The van der Waals surface area contributed by atoms with Gasteiger partial charge in [-0.3, -0.25) is 0 Å². The van der Waals surface area contributed by atoms with Gasteiger partial charge in [-0.25, -0.2) is 0 Å². The number of anilines is 1. The van der Waals surface area contributed by atoms with Gasteiger partial charge in [-0.1, -0.05) is 6.07 Å². The number of hydrogen-bond acceptors (Lipinski definition) is 4. The van der Waals surface area contributed by atoms with E-state index in [1.165, 1.54) is 0 Å². The summed E-state index contributed by atoms with van der Waals surface area (Å²) in [6.45, 7) is 4.28. The molecule has 1 rings (SSSR count). The fraction of sp³-hybridized carbons (Fsp3) is 0.538. The fourth-order valence-electron chi connectivity index (χ4n) is 1.79. The van der Waals surface area contributed by atoms with Crippen molar-refractivity contribution < 1.29 is 10.2 Å². The van der Waals surface area contributed by atoms with E-state index in [-0.39, 0.29) is 11.8 Å². The highest BCUT2D eigenvalue weighted by Crippen LogP contribution is 2.28. The molecule has 0 saturated carbocycles. The Morgan fingerprint density at radius 2 is 2.00 bits per heavy atom.